The molecule has 1 N–H and O–H groups in total. The molecule has 0 saturated carbocycles. The maximum absolute atomic E-state index is 13.9. The molecule has 5 rings (SSSR count). The van der Waals surface area contributed by atoms with Crippen LogP contribution in [-0.4, -0.2) is 52.4 Å². The van der Waals surface area contributed by atoms with Crippen molar-refractivity contribution in [1.29, 1.82) is 0 Å². The minimum absolute atomic E-state index is 0.0571. The fourth-order valence-electron chi connectivity index (χ4n) is 4.23. The summed E-state index contributed by atoms with van der Waals surface area (Å²) in [7, 11) is 2.08. The summed E-state index contributed by atoms with van der Waals surface area (Å²) in [5.41, 5.74) is 2.40. The van der Waals surface area contributed by atoms with Crippen molar-refractivity contribution in [1.82, 2.24) is 19.8 Å². The lowest BCUT2D eigenvalue weighted by atomic mass is 10.0. The number of aromatic amines is 1. The first-order valence-corrected chi connectivity index (χ1v) is 11.8. The highest BCUT2D eigenvalue weighted by Crippen LogP contribution is 2.34. The van der Waals surface area contributed by atoms with E-state index in [2.05, 4.69) is 34.0 Å². The van der Waals surface area contributed by atoms with Gasteiger partial charge in [-0.15, -0.1) is 0 Å². The summed E-state index contributed by atoms with van der Waals surface area (Å²) in [5.74, 6) is 0.695. The number of H-pyrrole nitrogens is 1. The van der Waals surface area contributed by atoms with Crippen LogP contribution in [0.4, 0.5) is 0 Å². The molecule has 8 heteroatoms. The number of benzene rings is 2. The number of nitrogens with zero attached hydrogens (tertiary/aromatic N) is 3. The number of furan rings is 1. The van der Waals surface area contributed by atoms with E-state index in [1.165, 1.54) is 24.0 Å². The Morgan fingerprint density at radius 1 is 1.12 bits per heavy atom. The van der Waals surface area contributed by atoms with Gasteiger partial charge in [-0.2, -0.15) is 0 Å². The highest BCUT2D eigenvalue weighted by Gasteiger charge is 2.34. The van der Waals surface area contributed by atoms with Crippen LogP contribution in [0.15, 0.2) is 81.2 Å². The number of nitrogens with one attached hydrogen (secondary N) is 1. The van der Waals surface area contributed by atoms with Gasteiger partial charge in [0.05, 0.1) is 6.04 Å². The molecule has 1 aliphatic rings. The van der Waals surface area contributed by atoms with E-state index < -0.39 is 0 Å². The van der Waals surface area contributed by atoms with Gasteiger partial charge in [-0.1, -0.05) is 60.3 Å². The van der Waals surface area contributed by atoms with Crippen LogP contribution in [-0.2, 0) is 5.75 Å². The van der Waals surface area contributed by atoms with Crippen LogP contribution in [0.5, 0.6) is 0 Å². The minimum atomic E-state index is -0.205. The van der Waals surface area contributed by atoms with Gasteiger partial charge in [-0.3, -0.25) is 9.59 Å². The molecule has 1 saturated heterocycles. The van der Waals surface area contributed by atoms with E-state index in [-0.39, 0.29) is 17.5 Å². The molecule has 0 spiro atoms. The summed E-state index contributed by atoms with van der Waals surface area (Å²) < 4.78 is 6.13. The van der Waals surface area contributed by atoms with Crippen molar-refractivity contribution in [2.24, 2.45) is 0 Å². The second-order valence-corrected chi connectivity index (χ2v) is 9.09. The number of fused-ring (bicyclic) bond motifs is 1. The molecule has 4 aromatic rings. The standard InChI is InChI=1S/C25H24N4O3S/c1-28-13-14-29(20(15-28)17-7-3-2-4-8-17)24(31)23-19(18-9-5-6-10-21(18)32-23)16-33-25-26-12-11-22(30)27-25/h2-12,20H,13-16H2,1H3,(H,26,27,30). The summed E-state index contributed by atoms with van der Waals surface area (Å²) in [6.07, 6.45) is 1.48. The average molecular weight is 461 g/mol. The number of thioether (sulfide) groups is 1. The van der Waals surface area contributed by atoms with Crippen LogP contribution in [0, 0.1) is 0 Å². The van der Waals surface area contributed by atoms with E-state index in [1.807, 2.05) is 47.4 Å². The average Bonchev–Trinajstić information content (AvgIpc) is 3.21. The molecule has 2 aromatic carbocycles. The summed E-state index contributed by atoms with van der Waals surface area (Å²) in [6, 6.07) is 19.1. The molecule has 1 unspecified atom stereocenters. The molecule has 1 aliphatic heterocycles. The maximum atomic E-state index is 13.9. The zero-order valence-electron chi connectivity index (χ0n) is 18.2. The van der Waals surface area contributed by atoms with Crippen LogP contribution in [0.3, 0.4) is 0 Å². The first-order chi connectivity index (χ1) is 16.1. The molecule has 0 radical (unpaired) electrons. The Kier molecular flexibility index (Phi) is 6.02. The topological polar surface area (TPSA) is 82.4 Å². The smallest absolute Gasteiger partial charge is 0.290 e. The summed E-state index contributed by atoms with van der Waals surface area (Å²) in [5, 5.41) is 1.41. The molecule has 33 heavy (non-hydrogen) atoms. The molecule has 7 nitrogen and oxygen atoms in total. The number of hydrogen-bond acceptors (Lipinski definition) is 6. The van der Waals surface area contributed by atoms with E-state index in [9.17, 15) is 9.59 Å². The van der Waals surface area contributed by atoms with Gasteiger partial charge in [0.25, 0.3) is 11.5 Å². The molecule has 168 valence electrons. The fraction of sp³-hybridized carbons (Fsp3) is 0.240. The first-order valence-electron chi connectivity index (χ1n) is 10.8. The number of likely N-dealkylation sites (N-methyl/N-ethyl adjacent to an activating group) is 1. The predicted octanol–water partition coefficient (Wildman–Crippen LogP) is 3.94. The van der Waals surface area contributed by atoms with Gasteiger partial charge in [-0.25, -0.2) is 4.98 Å². The Bertz CT molecular complexity index is 1330. The number of aromatic nitrogens is 2. The van der Waals surface area contributed by atoms with Crippen molar-refractivity contribution < 1.29 is 9.21 Å². The Morgan fingerprint density at radius 3 is 2.73 bits per heavy atom. The van der Waals surface area contributed by atoms with Crippen LogP contribution >= 0.6 is 11.8 Å². The number of rotatable bonds is 5. The zero-order valence-corrected chi connectivity index (χ0v) is 19.0. The van der Waals surface area contributed by atoms with E-state index >= 15 is 0 Å². The van der Waals surface area contributed by atoms with Crippen molar-refractivity contribution >= 4 is 28.6 Å². The monoisotopic (exact) mass is 460 g/mol. The molecule has 3 heterocycles. The van der Waals surface area contributed by atoms with Gasteiger partial charge in [0.15, 0.2) is 10.9 Å². The summed E-state index contributed by atoms with van der Waals surface area (Å²) in [4.78, 5) is 36.6. The summed E-state index contributed by atoms with van der Waals surface area (Å²) >= 11 is 1.38. The SMILES string of the molecule is CN1CCN(C(=O)c2oc3ccccc3c2CSc2nccc(=O)[nH]2)C(c2ccccc2)C1. The van der Waals surface area contributed by atoms with Crippen LogP contribution < -0.4 is 5.56 Å². The van der Waals surface area contributed by atoms with Crippen LogP contribution in [0.2, 0.25) is 0 Å². The second-order valence-electron chi connectivity index (χ2n) is 8.12. The van der Waals surface area contributed by atoms with E-state index in [0.29, 0.717) is 28.8 Å². The largest absolute Gasteiger partial charge is 0.451 e. The molecular weight excluding hydrogens is 436 g/mol. The Morgan fingerprint density at radius 2 is 1.91 bits per heavy atom. The number of carbonyl (C=O) groups excluding carboxylic acids is 1. The fourth-order valence-corrected chi connectivity index (χ4v) is 5.11. The second kappa shape index (κ2) is 9.25. The predicted molar refractivity (Wildman–Crippen MR) is 128 cm³/mol. The molecular formula is C25H24N4O3S. The van der Waals surface area contributed by atoms with Crippen molar-refractivity contribution in [3.05, 3.63) is 94.1 Å². The van der Waals surface area contributed by atoms with Gasteiger partial charge in [-0.05, 0) is 18.7 Å². The molecule has 1 atom stereocenters. The Hall–Kier alpha value is -3.36. The van der Waals surface area contributed by atoms with Gasteiger partial charge < -0.3 is 19.2 Å². The van der Waals surface area contributed by atoms with Gasteiger partial charge in [0.1, 0.15) is 5.58 Å². The third-order valence-electron chi connectivity index (χ3n) is 5.92. The van der Waals surface area contributed by atoms with Crippen LogP contribution in [0.25, 0.3) is 11.0 Å². The highest BCUT2D eigenvalue weighted by molar-refractivity contribution is 7.98. The lowest BCUT2D eigenvalue weighted by Crippen LogP contribution is -2.49. The Labute approximate surface area is 195 Å². The van der Waals surface area contributed by atoms with Gasteiger partial charge >= 0.3 is 0 Å². The van der Waals surface area contributed by atoms with Crippen molar-refractivity contribution in [3.63, 3.8) is 0 Å². The third-order valence-corrected chi connectivity index (χ3v) is 6.84. The first kappa shape index (κ1) is 21.5. The lowest BCUT2D eigenvalue weighted by Gasteiger charge is -2.40. The molecule has 2 aromatic heterocycles. The van der Waals surface area contributed by atoms with Crippen molar-refractivity contribution in [3.8, 4) is 0 Å². The van der Waals surface area contributed by atoms with Crippen molar-refractivity contribution in [2.75, 3.05) is 26.7 Å². The van der Waals surface area contributed by atoms with Crippen LogP contribution in [0.1, 0.15) is 27.7 Å². The third kappa shape index (κ3) is 4.44. The maximum Gasteiger partial charge on any atom is 0.290 e. The quantitative estimate of drug-likeness (QED) is 0.359. The number of amides is 1. The lowest BCUT2D eigenvalue weighted by molar-refractivity contribution is 0.0469. The highest BCUT2D eigenvalue weighted by atomic mass is 32.2. The molecule has 0 bridgehead atoms. The van der Waals surface area contributed by atoms with E-state index in [1.54, 1.807) is 0 Å². The number of para-hydroxylation sites is 1. The molecule has 1 amide bonds. The zero-order chi connectivity index (χ0) is 22.8. The minimum Gasteiger partial charge on any atom is -0.451 e. The number of piperazine rings is 1. The molecule has 0 aliphatic carbocycles. The summed E-state index contributed by atoms with van der Waals surface area (Å²) in [6.45, 7) is 2.18. The van der Waals surface area contributed by atoms with Gasteiger partial charge in [0.2, 0.25) is 0 Å². The van der Waals surface area contributed by atoms with Crippen molar-refractivity contribution in [2.45, 2.75) is 17.0 Å². The van der Waals surface area contributed by atoms with Gasteiger partial charge in [0, 0.05) is 48.6 Å². The number of hydrogen-bond donors (Lipinski definition) is 1. The molecule has 1 fully saturated rings. The van der Waals surface area contributed by atoms with E-state index in [4.69, 9.17) is 4.42 Å². The number of carbonyl (C=O) groups is 1. The normalized spacial score (nSPS) is 16.9. The Balaban J connectivity index is 1.51. The van der Waals surface area contributed by atoms with E-state index in [0.717, 1.165) is 29.6 Å².